The molecule has 1 amide bonds. The van der Waals surface area contributed by atoms with Crippen LogP contribution in [0.2, 0.25) is 5.15 Å². The van der Waals surface area contributed by atoms with Crippen LogP contribution in [0, 0.1) is 5.92 Å². The van der Waals surface area contributed by atoms with Gasteiger partial charge in [-0.15, -0.1) is 0 Å². The molecule has 0 spiro atoms. The molecule has 0 aromatic carbocycles. The maximum atomic E-state index is 11.8. The van der Waals surface area contributed by atoms with Crippen LogP contribution in [0.5, 0.6) is 0 Å². The number of carbonyl (C=O) groups is 1. The molecule has 2 rings (SSSR count). The first-order valence-electron chi connectivity index (χ1n) is 7.73. The molecule has 1 aliphatic rings. The second kappa shape index (κ2) is 8.58. The first-order chi connectivity index (χ1) is 10.5. The lowest BCUT2D eigenvalue weighted by atomic mass is 10.1. The number of aromatic nitrogens is 2. The Morgan fingerprint density at radius 2 is 2.09 bits per heavy atom. The smallest absolute Gasteiger partial charge is 0.230 e. The molecule has 22 heavy (non-hydrogen) atoms. The minimum atomic E-state index is 0.00166. The summed E-state index contributed by atoms with van der Waals surface area (Å²) in [6.07, 6.45) is 3.64. The maximum absolute atomic E-state index is 11.8. The Morgan fingerprint density at radius 3 is 2.77 bits per heavy atom. The summed E-state index contributed by atoms with van der Waals surface area (Å²) in [4.78, 5) is 22.7. The molecule has 0 saturated carbocycles. The molecule has 2 heterocycles. The third-order valence-corrected chi connectivity index (χ3v) is 4.42. The van der Waals surface area contributed by atoms with Gasteiger partial charge in [-0.2, -0.15) is 0 Å². The quantitative estimate of drug-likeness (QED) is 0.489. The number of carbonyl (C=O) groups excluding carboxylic acids is 1. The average molecular weight is 343 g/mol. The molecule has 0 radical (unpaired) electrons. The molecule has 5 nitrogen and oxygen atoms in total. The van der Waals surface area contributed by atoms with Gasteiger partial charge in [0.05, 0.1) is 5.75 Å². The lowest BCUT2D eigenvalue weighted by Gasteiger charge is -2.27. The number of nitrogens with zero attached hydrogens (tertiary/aromatic N) is 3. The molecule has 0 atom stereocenters. The van der Waals surface area contributed by atoms with Gasteiger partial charge in [0.1, 0.15) is 11.0 Å². The molecule has 1 aromatic heterocycles. The van der Waals surface area contributed by atoms with E-state index in [2.05, 4.69) is 34.0 Å². The summed E-state index contributed by atoms with van der Waals surface area (Å²) < 4.78 is 0. The van der Waals surface area contributed by atoms with E-state index in [0.717, 1.165) is 18.9 Å². The van der Waals surface area contributed by atoms with E-state index in [1.165, 1.54) is 31.0 Å². The Kier molecular flexibility index (Phi) is 6.76. The zero-order valence-corrected chi connectivity index (χ0v) is 14.7. The maximum Gasteiger partial charge on any atom is 0.230 e. The molecular formula is C15H23ClN4OS. The van der Waals surface area contributed by atoms with E-state index in [4.69, 9.17) is 11.6 Å². The Hall–Kier alpha value is -1.01. The second-order valence-electron chi connectivity index (χ2n) is 5.87. The molecule has 7 heteroatoms. The lowest BCUT2D eigenvalue weighted by Crippen LogP contribution is -2.30. The largest absolute Gasteiger partial charge is 0.356 e. The number of piperidine rings is 1. The Morgan fingerprint density at radius 1 is 1.36 bits per heavy atom. The Bertz CT molecular complexity index is 506. The lowest BCUT2D eigenvalue weighted by molar-refractivity contribution is -0.118. The first kappa shape index (κ1) is 17.3. The number of nitrogens with one attached hydrogen (secondary N) is 1. The van der Waals surface area contributed by atoms with Crippen molar-refractivity contribution in [1.29, 1.82) is 0 Å². The van der Waals surface area contributed by atoms with E-state index in [1.54, 1.807) is 6.07 Å². The van der Waals surface area contributed by atoms with Gasteiger partial charge in [0.15, 0.2) is 5.16 Å². The fraction of sp³-hybridized carbons (Fsp3) is 0.667. The van der Waals surface area contributed by atoms with E-state index in [1.807, 2.05) is 0 Å². The number of anilines is 1. The van der Waals surface area contributed by atoms with Gasteiger partial charge in [0.25, 0.3) is 0 Å². The normalized spacial score (nSPS) is 15.2. The molecule has 1 N–H and O–H groups in total. The van der Waals surface area contributed by atoms with Crippen LogP contribution in [0.15, 0.2) is 11.2 Å². The van der Waals surface area contributed by atoms with Crippen molar-refractivity contribution in [2.75, 3.05) is 30.3 Å². The molecule has 122 valence electrons. The van der Waals surface area contributed by atoms with Gasteiger partial charge in [0, 0.05) is 25.7 Å². The minimum Gasteiger partial charge on any atom is -0.356 e. The zero-order valence-electron chi connectivity index (χ0n) is 13.1. The van der Waals surface area contributed by atoms with Crippen LogP contribution in [0.1, 0.15) is 33.1 Å². The van der Waals surface area contributed by atoms with Crippen LogP contribution in [0.25, 0.3) is 0 Å². The summed E-state index contributed by atoms with van der Waals surface area (Å²) in [5.41, 5.74) is 0. The Balaban J connectivity index is 1.93. The highest BCUT2D eigenvalue weighted by molar-refractivity contribution is 7.99. The van der Waals surface area contributed by atoms with Crippen LogP contribution < -0.4 is 10.2 Å². The monoisotopic (exact) mass is 342 g/mol. The highest BCUT2D eigenvalue weighted by Gasteiger charge is 2.15. The van der Waals surface area contributed by atoms with Crippen LogP contribution in [0.4, 0.5) is 5.82 Å². The van der Waals surface area contributed by atoms with Gasteiger partial charge < -0.3 is 10.2 Å². The minimum absolute atomic E-state index is 0.00166. The number of amides is 1. The fourth-order valence-corrected chi connectivity index (χ4v) is 3.15. The summed E-state index contributed by atoms with van der Waals surface area (Å²) in [6.45, 7) is 6.84. The van der Waals surface area contributed by atoms with Crippen molar-refractivity contribution >= 4 is 35.1 Å². The molecule has 0 bridgehead atoms. The summed E-state index contributed by atoms with van der Waals surface area (Å²) in [7, 11) is 0. The number of halogens is 1. The predicted molar refractivity (Wildman–Crippen MR) is 91.7 cm³/mol. The molecule has 1 saturated heterocycles. The van der Waals surface area contributed by atoms with Gasteiger partial charge >= 0.3 is 0 Å². The van der Waals surface area contributed by atoms with E-state index in [9.17, 15) is 4.79 Å². The number of rotatable bonds is 6. The second-order valence-corrected chi connectivity index (χ2v) is 7.20. The topological polar surface area (TPSA) is 58.1 Å². The van der Waals surface area contributed by atoms with Gasteiger partial charge in [0.2, 0.25) is 5.91 Å². The fourth-order valence-electron chi connectivity index (χ4n) is 2.23. The van der Waals surface area contributed by atoms with Crippen molar-refractivity contribution in [3.05, 3.63) is 11.2 Å². The standard InChI is InChI=1S/C15H23ClN4OS/c1-11(2)9-17-14(21)10-22-15-18-12(16)8-13(19-15)20-6-4-3-5-7-20/h8,11H,3-7,9-10H2,1-2H3,(H,17,21). The highest BCUT2D eigenvalue weighted by atomic mass is 35.5. The van der Waals surface area contributed by atoms with E-state index >= 15 is 0 Å². The Labute approximate surface area is 141 Å². The summed E-state index contributed by atoms with van der Waals surface area (Å²) in [5.74, 6) is 1.63. The first-order valence-corrected chi connectivity index (χ1v) is 9.10. The van der Waals surface area contributed by atoms with Gasteiger partial charge in [-0.25, -0.2) is 9.97 Å². The SMILES string of the molecule is CC(C)CNC(=O)CSc1nc(Cl)cc(N2CCCCC2)n1. The van der Waals surface area contributed by atoms with Gasteiger partial charge in [-0.05, 0) is 25.2 Å². The average Bonchev–Trinajstić information content (AvgIpc) is 2.51. The number of thioether (sulfide) groups is 1. The predicted octanol–water partition coefficient (Wildman–Crippen LogP) is 2.98. The zero-order chi connectivity index (χ0) is 15.9. The molecule has 1 fully saturated rings. The van der Waals surface area contributed by atoms with Crippen LogP contribution >= 0.6 is 23.4 Å². The molecular weight excluding hydrogens is 320 g/mol. The summed E-state index contributed by atoms with van der Waals surface area (Å²) >= 11 is 7.42. The van der Waals surface area contributed by atoms with Crippen LogP contribution in [-0.4, -0.2) is 41.3 Å². The van der Waals surface area contributed by atoms with E-state index in [-0.39, 0.29) is 5.91 Å². The molecule has 1 aliphatic heterocycles. The van der Waals surface area contributed by atoms with Gasteiger partial charge in [-0.1, -0.05) is 37.2 Å². The number of hydrogen-bond acceptors (Lipinski definition) is 5. The number of hydrogen-bond donors (Lipinski definition) is 1. The van der Waals surface area contributed by atoms with E-state index < -0.39 is 0 Å². The third-order valence-electron chi connectivity index (χ3n) is 3.38. The van der Waals surface area contributed by atoms with Crippen molar-refractivity contribution in [1.82, 2.24) is 15.3 Å². The molecule has 0 aliphatic carbocycles. The van der Waals surface area contributed by atoms with Crippen molar-refractivity contribution in [3.63, 3.8) is 0 Å². The van der Waals surface area contributed by atoms with Crippen molar-refractivity contribution < 1.29 is 4.79 Å². The molecule has 0 unspecified atom stereocenters. The molecule has 1 aromatic rings. The van der Waals surface area contributed by atoms with Gasteiger partial charge in [-0.3, -0.25) is 4.79 Å². The van der Waals surface area contributed by atoms with Crippen molar-refractivity contribution in [2.24, 2.45) is 5.92 Å². The van der Waals surface area contributed by atoms with Crippen LogP contribution in [-0.2, 0) is 4.79 Å². The van der Waals surface area contributed by atoms with Crippen molar-refractivity contribution in [3.8, 4) is 0 Å². The van der Waals surface area contributed by atoms with Crippen molar-refractivity contribution in [2.45, 2.75) is 38.3 Å². The highest BCUT2D eigenvalue weighted by Crippen LogP contribution is 2.24. The van der Waals surface area contributed by atoms with Crippen LogP contribution in [0.3, 0.4) is 0 Å². The van der Waals surface area contributed by atoms with E-state index in [0.29, 0.717) is 28.5 Å². The third kappa shape index (κ3) is 5.65. The summed E-state index contributed by atoms with van der Waals surface area (Å²) in [5, 5.41) is 3.88. The summed E-state index contributed by atoms with van der Waals surface area (Å²) in [6, 6.07) is 1.80.